The molecule has 0 fully saturated rings. The number of carbonyl (C=O) groups excluding carboxylic acids is 3. The van der Waals surface area contributed by atoms with Gasteiger partial charge in [-0.1, -0.05) is 367 Å². The third kappa shape index (κ3) is 66.8. The summed E-state index contributed by atoms with van der Waals surface area (Å²) in [5.74, 6) is -0.841. The standard InChI is InChI=1S/C73H140O6/c1-4-7-10-13-16-18-20-22-24-26-28-30-31-32-33-34-35-36-37-38-39-40-41-42-43-44-46-47-49-51-53-55-57-60-63-66-72(75)78-69-70(68-77-71(74)65-62-59-15-12-9-6-3)79-73(76)67-64-61-58-56-54-52-50-48-45-29-27-25-23-21-19-17-14-11-8-5-2/h26,28,70H,4-25,27,29-69H2,1-3H3/b28-26-. The van der Waals surface area contributed by atoms with Gasteiger partial charge in [-0.15, -0.1) is 0 Å². The van der Waals surface area contributed by atoms with E-state index in [0.29, 0.717) is 19.3 Å². The van der Waals surface area contributed by atoms with Crippen molar-refractivity contribution < 1.29 is 28.6 Å². The molecule has 1 unspecified atom stereocenters. The van der Waals surface area contributed by atoms with Gasteiger partial charge in [0.15, 0.2) is 6.10 Å². The highest BCUT2D eigenvalue weighted by Crippen LogP contribution is 2.19. The molecular weight excluding hydrogens is 973 g/mol. The zero-order valence-corrected chi connectivity index (χ0v) is 53.9. The summed E-state index contributed by atoms with van der Waals surface area (Å²) in [4.78, 5) is 38.1. The smallest absolute Gasteiger partial charge is 0.306 e. The first-order chi connectivity index (χ1) is 39.0. The van der Waals surface area contributed by atoms with Crippen molar-refractivity contribution in [3.8, 4) is 0 Å². The van der Waals surface area contributed by atoms with Crippen molar-refractivity contribution in [1.82, 2.24) is 0 Å². The van der Waals surface area contributed by atoms with Crippen LogP contribution in [-0.2, 0) is 28.6 Å². The van der Waals surface area contributed by atoms with Crippen LogP contribution in [-0.4, -0.2) is 37.2 Å². The fraction of sp³-hybridized carbons (Fsp3) is 0.932. The average molecular weight is 1110 g/mol. The number of esters is 3. The molecular formula is C73H140O6. The lowest BCUT2D eigenvalue weighted by atomic mass is 10.0. The number of hydrogen-bond donors (Lipinski definition) is 0. The molecule has 0 aromatic carbocycles. The maximum atomic E-state index is 12.9. The van der Waals surface area contributed by atoms with Gasteiger partial charge in [0, 0.05) is 19.3 Å². The number of hydrogen-bond acceptors (Lipinski definition) is 6. The Morgan fingerprint density at radius 1 is 0.241 bits per heavy atom. The molecule has 0 radical (unpaired) electrons. The van der Waals surface area contributed by atoms with Gasteiger partial charge >= 0.3 is 17.9 Å². The third-order valence-electron chi connectivity index (χ3n) is 16.8. The van der Waals surface area contributed by atoms with Crippen LogP contribution in [0, 0.1) is 0 Å². The molecule has 6 nitrogen and oxygen atoms in total. The highest BCUT2D eigenvalue weighted by atomic mass is 16.6. The van der Waals surface area contributed by atoms with E-state index >= 15 is 0 Å². The normalized spacial score (nSPS) is 12.0. The molecule has 1 atom stereocenters. The van der Waals surface area contributed by atoms with Crippen LogP contribution >= 0.6 is 0 Å². The van der Waals surface area contributed by atoms with E-state index in [1.807, 2.05) is 0 Å². The Morgan fingerprint density at radius 2 is 0.418 bits per heavy atom. The topological polar surface area (TPSA) is 78.9 Å². The lowest BCUT2D eigenvalue weighted by Crippen LogP contribution is -2.30. The van der Waals surface area contributed by atoms with Crippen LogP contribution in [0.15, 0.2) is 12.2 Å². The van der Waals surface area contributed by atoms with E-state index in [2.05, 4.69) is 32.9 Å². The van der Waals surface area contributed by atoms with Crippen LogP contribution in [0.5, 0.6) is 0 Å². The van der Waals surface area contributed by atoms with E-state index in [4.69, 9.17) is 14.2 Å². The zero-order valence-electron chi connectivity index (χ0n) is 53.9. The SMILES string of the molecule is CCCCCCCCCC/C=C\CCCCCCCCCCCCCCCCCCCCCCCCCC(=O)OCC(COC(=O)CCCCCCCC)OC(=O)CCCCCCCCCCCCCCCCCCCCCC. The highest BCUT2D eigenvalue weighted by Gasteiger charge is 2.19. The fourth-order valence-electron chi connectivity index (χ4n) is 11.3. The van der Waals surface area contributed by atoms with Gasteiger partial charge in [0.2, 0.25) is 0 Å². The fourth-order valence-corrected chi connectivity index (χ4v) is 11.3. The Labute approximate surface area is 494 Å². The zero-order chi connectivity index (χ0) is 57.1. The summed E-state index contributed by atoms with van der Waals surface area (Å²) < 4.78 is 16.9. The molecule has 468 valence electrons. The van der Waals surface area contributed by atoms with Crippen molar-refractivity contribution >= 4 is 17.9 Å². The van der Waals surface area contributed by atoms with Gasteiger partial charge in [0.1, 0.15) is 13.2 Å². The van der Waals surface area contributed by atoms with E-state index in [1.165, 1.54) is 321 Å². The van der Waals surface area contributed by atoms with Crippen molar-refractivity contribution in [2.75, 3.05) is 13.2 Å². The lowest BCUT2D eigenvalue weighted by molar-refractivity contribution is -0.167. The molecule has 0 bridgehead atoms. The molecule has 0 rings (SSSR count). The van der Waals surface area contributed by atoms with Crippen LogP contribution in [0.2, 0.25) is 0 Å². The summed E-state index contributed by atoms with van der Waals surface area (Å²) in [7, 11) is 0. The van der Waals surface area contributed by atoms with E-state index in [9.17, 15) is 14.4 Å². The van der Waals surface area contributed by atoms with Crippen LogP contribution < -0.4 is 0 Å². The van der Waals surface area contributed by atoms with Crippen LogP contribution in [0.1, 0.15) is 419 Å². The van der Waals surface area contributed by atoms with Crippen molar-refractivity contribution in [2.45, 2.75) is 425 Å². The van der Waals surface area contributed by atoms with Gasteiger partial charge in [-0.3, -0.25) is 14.4 Å². The number of carbonyl (C=O) groups is 3. The summed E-state index contributed by atoms with van der Waals surface area (Å²) in [5, 5.41) is 0. The van der Waals surface area contributed by atoms with Gasteiger partial charge in [-0.05, 0) is 44.9 Å². The van der Waals surface area contributed by atoms with E-state index in [1.54, 1.807) is 0 Å². The van der Waals surface area contributed by atoms with E-state index < -0.39 is 6.10 Å². The predicted molar refractivity (Wildman–Crippen MR) is 344 cm³/mol. The molecule has 0 N–H and O–H groups in total. The quantitative estimate of drug-likeness (QED) is 0.0261. The molecule has 0 aliphatic rings. The molecule has 0 aromatic rings. The molecule has 0 aliphatic carbocycles. The third-order valence-corrected chi connectivity index (χ3v) is 16.8. The molecule has 0 saturated carbocycles. The molecule has 0 aromatic heterocycles. The van der Waals surface area contributed by atoms with Crippen molar-refractivity contribution in [3.05, 3.63) is 12.2 Å². The van der Waals surface area contributed by atoms with Gasteiger partial charge in [0.05, 0.1) is 0 Å². The summed E-state index contributed by atoms with van der Waals surface area (Å²) in [6.45, 7) is 6.66. The first-order valence-electron chi connectivity index (χ1n) is 36.2. The van der Waals surface area contributed by atoms with Gasteiger partial charge < -0.3 is 14.2 Å². The largest absolute Gasteiger partial charge is 0.462 e. The Bertz CT molecular complexity index is 1230. The maximum Gasteiger partial charge on any atom is 0.306 e. The van der Waals surface area contributed by atoms with Crippen LogP contribution in [0.4, 0.5) is 0 Å². The van der Waals surface area contributed by atoms with Gasteiger partial charge in [0.25, 0.3) is 0 Å². The molecule has 0 heterocycles. The number of allylic oxidation sites excluding steroid dienone is 2. The summed E-state index contributed by atoms with van der Waals surface area (Å²) in [5.41, 5.74) is 0. The van der Waals surface area contributed by atoms with Crippen molar-refractivity contribution in [1.29, 1.82) is 0 Å². The van der Waals surface area contributed by atoms with Gasteiger partial charge in [-0.2, -0.15) is 0 Å². The Hall–Kier alpha value is -1.85. The monoisotopic (exact) mass is 1110 g/mol. The number of rotatable bonds is 68. The average Bonchev–Trinajstić information content (AvgIpc) is 3.45. The number of ether oxygens (including phenoxy) is 3. The summed E-state index contributed by atoms with van der Waals surface area (Å²) in [6, 6.07) is 0. The molecule has 0 saturated heterocycles. The minimum Gasteiger partial charge on any atom is -0.462 e. The highest BCUT2D eigenvalue weighted by molar-refractivity contribution is 5.71. The minimum absolute atomic E-state index is 0.0628. The minimum atomic E-state index is -0.762. The van der Waals surface area contributed by atoms with E-state index in [0.717, 1.165) is 57.8 Å². The van der Waals surface area contributed by atoms with Crippen LogP contribution in [0.3, 0.4) is 0 Å². The molecule has 6 heteroatoms. The second-order valence-corrected chi connectivity index (χ2v) is 24.9. The van der Waals surface area contributed by atoms with Crippen molar-refractivity contribution in [2.24, 2.45) is 0 Å². The second kappa shape index (κ2) is 68.6. The Balaban J connectivity index is 3.87. The van der Waals surface area contributed by atoms with E-state index in [-0.39, 0.29) is 31.1 Å². The molecule has 0 aliphatic heterocycles. The maximum absolute atomic E-state index is 12.9. The first-order valence-corrected chi connectivity index (χ1v) is 36.2. The molecule has 0 spiro atoms. The number of unbranched alkanes of at least 4 members (excludes halogenated alkanes) is 55. The van der Waals surface area contributed by atoms with Gasteiger partial charge in [-0.25, -0.2) is 0 Å². The molecule has 79 heavy (non-hydrogen) atoms. The summed E-state index contributed by atoms with van der Waals surface area (Å²) >= 11 is 0. The lowest BCUT2D eigenvalue weighted by Gasteiger charge is -2.18. The Morgan fingerprint density at radius 3 is 0.633 bits per heavy atom. The summed E-state index contributed by atoms with van der Waals surface area (Å²) in [6.07, 6.45) is 83.1. The molecule has 0 amide bonds. The first kappa shape index (κ1) is 77.2. The predicted octanol–water partition coefficient (Wildman–Crippen LogP) is 24.8. The van der Waals surface area contributed by atoms with Crippen molar-refractivity contribution in [3.63, 3.8) is 0 Å². The second-order valence-electron chi connectivity index (χ2n) is 24.9. The Kier molecular flexibility index (Phi) is 67.0. The van der Waals surface area contributed by atoms with Crippen LogP contribution in [0.25, 0.3) is 0 Å².